The molecule has 224 valence electrons. The molecule has 1 nitrogen and oxygen atoms in total. The van der Waals surface area contributed by atoms with Crippen LogP contribution in [0.15, 0.2) is 95.8 Å². The molecule has 0 fully saturated rings. The molecule has 3 aromatic carbocycles. The second-order valence-corrected chi connectivity index (χ2v) is 13.9. The van der Waals surface area contributed by atoms with Gasteiger partial charge in [-0.25, -0.2) is 0 Å². The zero-order chi connectivity index (χ0) is 29.6. The van der Waals surface area contributed by atoms with E-state index in [9.17, 15) is 0 Å². The maximum absolute atomic E-state index is 4.97. The van der Waals surface area contributed by atoms with Crippen molar-refractivity contribution in [1.82, 2.24) is 0 Å². The van der Waals surface area contributed by atoms with Gasteiger partial charge in [-0.15, -0.1) is 17.2 Å². The summed E-state index contributed by atoms with van der Waals surface area (Å²) in [5.74, 6) is 0.444. The third kappa shape index (κ3) is 10.1. The Morgan fingerprint density at radius 1 is 0.884 bits per heavy atom. The Kier molecular flexibility index (Phi) is 13.9. The van der Waals surface area contributed by atoms with Crippen LogP contribution in [-0.2, 0) is 47.9 Å². The van der Waals surface area contributed by atoms with Gasteiger partial charge in [0.25, 0.3) is 0 Å². The number of fused-ring (bicyclic) bond motifs is 3. The van der Waals surface area contributed by atoms with Crippen LogP contribution >= 0.6 is 0 Å². The zero-order valence-corrected chi connectivity index (χ0v) is 30.4. The molecule has 1 heterocycles. The number of halogens is 2. The Morgan fingerprint density at radius 2 is 1.58 bits per heavy atom. The summed E-state index contributed by atoms with van der Waals surface area (Å²) in [7, 11) is 0. The van der Waals surface area contributed by atoms with E-state index in [4.69, 9.17) is 4.42 Å². The van der Waals surface area contributed by atoms with Crippen molar-refractivity contribution in [3.63, 3.8) is 0 Å². The third-order valence-electron chi connectivity index (χ3n) is 7.41. The van der Waals surface area contributed by atoms with Crippen molar-refractivity contribution in [2.24, 2.45) is 5.92 Å². The van der Waals surface area contributed by atoms with E-state index in [1.54, 1.807) is 12.5 Å². The van der Waals surface area contributed by atoms with Crippen LogP contribution in [0.1, 0.15) is 81.8 Å². The fourth-order valence-electron chi connectivity index (χ4n) is 4.94. The van der Waals surface area contributed by atoms with Crippen LogP contribution in [0.3, 0.4) is 0 Å². The van der Waals surface area contributed by atoms with Crippen molar-refractivity contribution >= 4 is 9.28 Å². The Bertz CT molecular complexity index is 1460. The standard InChI is InChI=1S/C21H25.C10H9O.C8H8.2ClH.Zr/c1-20(2,3)16-7-9-18-14(12-16)11-15-13-17(21(4,5)6)8-10-19(15)18;1-8-2-3-9(6-8)10-4-5-11-7-10;1-2-8-6-4-3-5-7-8;;;/h7-10,12H,11H2,1-6H3;2-5,7-8H,1H3;1,3-7H,2H2;2*1H;/q2*-1;;;;+2/p-2. The second-order valence-electron chi connectivity index (χ2n) is 12.9. The van der Waals surface area contributed by atoms with Crippen molar-refractivity contribution in [2.75, 3.05) is 0 Å². The van der Waals surface area contributed by atoms with Crippen LogP contribution < -0.4 is 24.8 Å². The number of rotatable bonds is 3. The van der Waals surface area contributed by atoms with Crippen molar-refractivity contribution in [2.45, 2.75) is 72.1 Å². The van der Waals surface area contributed by atoms with Crippen LogP contribution in [0.25, 0.3) is 16.7 Å². The van der Waals surface area contributed by atoms with Gasteiger partial charge in [0.1, 0.15) is 0 Å². The van der Waals surface area contributed by atoms with Gasteiger partial charge in [-0.1, -0.05) is 89.8 Å². The molecule has 0 amide bonds. The fourth-order valence-corrected chi connectivity index (χ4v) is 5.52. The summed E-state index contributed by atoms with van der Waals surface area (Å²) in [6.07, 6.45) is 13.1. The van der Waals surface area contributed by atoms with Crippen molar-refractivity contribution < 1.29 is 53.5 Å². The van der Waals surface area contributed by atoms with Crippen LogP contribution in [0, 0.1) is 18.1 Å². The maximum atomic E-state index is 4.97. The van der Waals surface area contributed by atoms with Gasteiger partial charge in [0, 0.05) is 6.26 Å². The average molecular weight is 689 g/mol. The predicted molar refractivity (Wildman–Crippen MR) is 171 cm³/mol. The predicted octanol–water partition coefficient (Wildman–Crippen LogP) is 3.91. The van der Waals surface area contributed by atoms with Crippen molar-refractivity contribution in [3.8, 4) is 11.1 Å². The molecular weight excluding hydrogens is 647 g/mol. The van der Waals surface area contributed by atoms with E-state index in [2.05, 4.69) is 131 Å². The molecule has 2 aliphatic carbocycles. The Hall–Kier alpha value is -2.25. The number of benzene rings is 3. The number of allylic oxidation sites excluding steroid dienone is 4. The summed E-state index contributed by atoms with van der Waals surface area (Å²) < 4.78 is 7.22. The molecule has 4 heteroatoms. The summed E-state index contributed by atoms with van der Waals surface area (Å²) in [6.45, 7) is 15.7. The van der Waals surface area contributed by atoms with Gasteiger partial charge in [-0.2, -0.15) is 41.5 Å². The van der Waals surface area contributed by atoms with Gasteiger partial charge in [0.2, 0.25) is 0 Å². The number of furan rings is 1. The molecule has 6 rings (SSSR count). The van der Waals surface area contributed by atoms with Gasteiger partial charge in [-0.05, 0) is 28.4 Å². The molecule has 0 aliphatic heterocycles. The first kappa shape index (κ1) is 36.9. The van der Waals surface area contributed by atoms with E-state index in [0.29, 0.717) is 5.92 Å². The Labute approximate surface area is 287 Å². The molecule has 0 saturated carbocycles. The number of hydrogen-bond acceptors (Lipinski definition) is 1. The minimum absolute atomic E-state index is 0. The quantitative estimate of drug-likeness (QED) is 0.262. The zero-order valence-electron chi connectivity index (χ0n) is 26.4. The average Bonchev–Trinajstić information content (AvgIpc) is 3.68. The van der Waals surface area contributed by atoms with E-state index >= 15 is 0 Å². The van der Waals surface area contributed by atoms with Gasteiger partial charge in [0.05, 0.1) is 6.26 Å². The van der Waals surface area contributed by atoms with Crippen LogP contribution in [-0.4, -0.2) is 3.71 Å². The van der Waals surface area contributed by atoms with Crippen LogP contribution in [0.5, 0.6) is 0 Å². The van der Waals surface area contributed by atoms with Crippen LogP contribution in [0.2, 0.25) is 0 Å². The first-order chi connectivity index (χ1) is 19.5. The van der Waals surface area contributed by atoms with E-state index in [1.807, 2.05) is 12.1 Å². The SMILES string of the molecule is CC(C)(C)c1[c-]c2c(cc1)-c1ccc(C(C)(C)C)cc1C2.CC1[C-]=C(c2ccoc2)C=C1.[Cl-].[Cl-].[Zr+2]=[CH]Cc1ccccc1. The molecule has 43 heavy (non-hydrogen) atoms. The summed E-state index contributed by atoms with van der Waals surface area (Å²) in [4.78, 5) is 0. The van der Waals surface area contributed by atoms with Gasteiger partial charge in [0.15, 0.2) is 0 Å². The fraction of sp³-hybridized carbons (Fsp3) is 0.308. The molecule has 0 saturated heterocycles. The normalized spacial score (nSPS) is 14.4. The molecule has 0 bridgehead atoms. The molecule has 1 aromatic heterocycles. The molecule has 4 aromatic rings. The molecule has 2 aliphatic rings. The Morgan fingerprint density at radius 3 is 2.14 bits per heavy atom. The van der Waals surface area contributed by atoms with Crippen molar-refractivity contribution in [3.05, 3.63) is 137 Å². The number of hydrogen-bond donors (Lipinski definition) is 0. The summed E-state index contributed by atoms with van der Waals surface area (Å²) in [5, 5.41) is 0. The van der Waals surface area contributed by atoms with Gasteiger partial charge < -0.3 is 29.2 Å². The first-order valence-electron chi connectivity index (χ1n) is 14.5. The molecule has 0 radical (unpaired) electrons. The topological polar surface area (TPSA) is 13.1 Å². The monoisotopic (exact) mass is 686 g/mol. The second kappa shape index (κ2) is 16.2. The van der Waals surface area contributed by atoms with E-state index in [0.717, 1.165) is 24.0 Å². The van der Waals surface area contributed by atoms with E-state index < -0.39 is 0 Å². The molecule has 1 atom stereocenters. The summed E-state index contributed by atoms with van der Waals surface area (Å²) >= 11 is 1.51. The summed E-state index contributed by atoms with van der Waals surface area (Å²) in [5.41, 5.74) is 12.4. The first-order valence-corrected chi connectivity index (χ1v) is 15.9. The van der Waals surface area contributed by atoms with Gasteiger partial charge in [-0.3, -0.25) is 0 Å². The molecular formula is C39H42Cl2OZr-2. The van der Waals surface area contributed by atoms with Crippen molar-refractivity contribution in [1.29, 1.82) is 0 Å². The molecule has 0 N–H and O–H groups in total. The molecule has 1 unspecified atom stereocenters. The van der Waals surface area contributed by atoms with Gasteiger partial charge >= 0.3 is 70.3 Å². The molecule has 0 spiro atoms. The van der Waals surface area contributed by atoms with E-state index in [-0.39, 0.29) is 35.6 Å². The minimum atomic E-state index is 0. The summed E-state index contributed by atoms with van der Waals surface area (Å²) in [6, 6.07) is 27.6. The third-order valence-corrected chi connectivity index (χ3v) is 7.91. The van der Waals surface area contributed by atoms with Crippen LogP contribution in [0.4, 0.5) is 0 Å². The Balaban J connectivity index is 0.000000247. The van der Waals surface area contributed by atoms with E-state index in [1.165, 1.54) is 63.2 Å².